The standard InChI is InChI=1S/C22H30N4O5S/c1-4-9-25-15-16(3)19-21(25)23-20(24-22(19)28)17-7-6-8-18(14-17)32(29,30)26(10-12-27)11-13-31-5-2/h6-8,14-15,27H,4-5,9-13H2,1-3H3,(H,23,24,28). The predicted octanol–water partition coefficient (Wildman–Crippen LogP) is 2.13. The molecule has 32 heavy (non-hydrogen) atoms. The van der Waals surface area contributed by atoms with Gasteiger partial charge in [0.1, 0.15) is 11.5 Å². The minimum Gasteiger partial charge on any atom is -0.395 e. The Bertz CT molecular complexity index is 1230. The summed E-state index contributed by atoms with van der Waals surface area (Å²) in [6.45, 7) is 6.98. The molecule has 2 heterocycles. The Morgan fingerprint density at radius 1 is 1.25 bits per heavy atom. The Labute approximate surface area is 187 Å². The monoisotopic (exact) mass is 462 g/mol. The number of hydrogen-bond donors (Lipinski definition) is 2. The second-order valence-electron chi connectivity index (χ2n) is 7.47. The predicted molar refractivity (Wildman–Crippen MR) is 123 cm³/mol. The van der Waals surface area contributed by atoms with E-state index in [2.05, 4.69) is 9.97 Å². The van der Waals surface area contributed by atoms with Crippen molar-refractivity contribution in [3.8, 4) is 11.4 Å². The molecule has 1 aromatic carbocycles. The maximum atomic E-state index is 13.2. The van der Waals surface area contributed by atoms with Gasteiger partial charge < -0.3 is 19.4 Å². The number of benzene rings is 1. The molecular formula is C22H30N4O5S. The topological polar surface area (TPSA) is 118 Å². The Balaban J connectivity index is 2.04. The fourth-order valence-corrected chi connectivity index (χ4v) is 5.12. The van der Waals surface area contributed by atoms with E-state index in [0.717, 1.165) is 18.5 Å². The average molecular weight is 463 g/mol. The first-order valence-corrected chi connectivity index (χ1v) is 12.2. The van der Waals surface area contributed by atoms with Crippen LogP contribution in [0.25, 0.3) is 22.4 Å². The summed E-state index contributed by atoms with van der Waals surface area (Å²) < 4.78 is 34.8. The van der Waals surface area contributed by atoms with Crippen LogP contribution in [0.2, 0.25) is 0 Å². The first kappa shape index (κ1) is 24.1. The zero-order valence-electron chi connectivity index (χ0n) is 18.7. The number of aromatic amines is 1. The van der Waals surface area contributed by atoms with Crippen molar-refractivity contribution >= 4 is 21.1 Å². The van der Waals surface area contributed by atoms with Crippen LogP contribution in [-0.2, 0) is 21.3 Å². The van der Waals surface area contributed by atoms with Crippen molar-refractivity contribution in [1.29, 1.82) is 0 Å². The number of rotatable bonds is 11. The van der Waals surface area contributed by atoms with Gasteiger partial charge in [0, 0.05) is 38.0 Å². The van der Waals surface area contributed by atoms with Crippen molar-refractivity contribution in [3.05, 3.63) is 46.4 Å². The van der Waals surface area contributed by atoms with Gasteiger partial charge in [0.2, 0.25) is 10.0 Å². The summed E-state index contributed by atoms with van der Waals surface area (Å²) in [6, 6.07) is 6.30. The molecule has 0 aliphatic rings. The lowest BCUT2D eigenvalue weighted by atomic mass is 10.2. The summed E-state index contributed by atoms with van der Waals surface area (Å²) in [7, 11) is -3.87. The molecule has 0 amide bonds. The molecule has 2 aromatic heterocycles. The molecule has 0 spiro atoms. The fourth-order valence-electron chi connectivity index (χ4n) is 3.66. The first-order valence-electron chi connectivity index (χ1n) is 10.7. The Kier molecular flexibility index (Phi) is 7.83. The van der Waals surface area contributed by atoms with Gasteiger partial charge in [-0.1, -0.05) is 19.1 Å². The number of nitrogens with one attached hydrogen (secondary N) is 1. The van der Waals surface area contributed by atoms with Crippen molar-refractivity contribution in [2.24, 2.45) is 0 Å². The number of sulfonamides is 1. The van der Waals surface area contributed by atoms with Gasteiger partial charge in [-0.25, -0.2) is 13.4 Å². The number of aryl methyl sites for hydroxylation is 2. The smallest absolute Gasteiger partial charge is 0.260 e. The summed E-state index contributed by atoms with van der Waals surface area (Å²) in [5.74, 6) is 0.304. The second-order valence-corrected chi connectivity index (χ2v) is 9.41. The zero-order valence-corrected chi connectivity index (χ0v) is 19.5. The number of aliphatic hydroxyl groups is 1. The van der Waals surface area contributed by atoms with Crippen LogP contribution in [0.3, 0.4) is 0 Å². The van der Waals surface area contributed by atoms with E-state index in [-0.39, 0.29) is 36.8 Å². The molecule has 0 saturated carbocycles. The van der Waals surface area contributed by atoms with E-state index < -0.39 is 10.0 Å². The summed E-state index contributed by atoms with van der Waals surface area (Å²) >= 11 is 0. The zero-order chi connectivity index (χ0) is 23.3. The lowest BCUT2D eigenvalue weighted by Gasteiger charge is -2.21. The summed E-state index contributed by atoms with van der Waals surface area (Å²) in [5.41, 5.74) is 1.65. The number of fused-ring (bicyclic) bond motifs is 1. The van der Waals surface area contributed by atoms with Gasteiger partial charge in [-0.15, -0.1) is 0 Å². The highest BCUT2D eigenvalue weighted by molar-refractivity contribution is 7.89. The Morgan fingerprint density at radius 3 is 2.72 bits per heavy atom. The van der Waals surface area contributed by atoms with Crippen molar-refractivity contribution in [2.45, 2.75) is 38.6 Å². The van der Waals surface area contributed by atoms with Crippen molar-refractivity contribution < 1.29 is 18.3 Å². The molecule has 0 bridgehead atoms. The van der Waals surface area contributed by atoms with Crippen molar-refractivity contribution in [2.75, 3.05) is 32.9 Å². The van der Waals surface area contributed by atoms with Crippen LogP contribution in [0.15, 0.2) is 40.2 Å². The molecule has 3 rings (SSSR count). The van der Waals surface area contributed by atoms with Gasteiger partial charge in [0.05, 0.1) is 23.5 Å². The molecule has 0 saturated heterocycles. The molecule has 0 atom stereocenters. The third kappa shape index (κ3) is 4.93. The Morgan fingerprint density at radius 2 is 2.03 bits per heavy atom. The van der Waals surface area contributed by atoms with E-state index in [4.69, 9.17) is 4.74 Å². The maximum Gasteiger partial charge on any atom is 0.260 e. The van der Waals surface area contributed by atoms with E-state index in [1.54, 1.807) is 12.1 Å². The third-order valence-electron chi connectivity index (χ3n) is 5.16. The number of ether oxygens (including phenoxy) is 1. The third-order valence-corrected chi connectivity index (χ3v) is 7.06. The van der Waals surface area contributed by atoms with Crippen LogP contribution < -0.4 is 5.56 Å². The van der Waals surface area contributed by atoms with Gasteiger partial charge in [0.25, 0.3) is 5.56 Å². The molecule has 0 aliphatic carbocycles. The molecular weight excluding hydrogens is 432 g/mol. The van der Waals surface area contributed by atoms with Gasteiger partial charge in [-0.3, -0.25) is 4.79 Å². The van der Waals surface area contributed by atoms with E-state index in [1.165, 1.54) is 16.4 Å². The number of aromatic nitrogens is 3. The van der Waals surface area contributed by atoms with Crippen LogP contribution in [0.5, 0.6) is 0 Å². The van der Waals surface area contributed by atoms with Crippen LogP contribution in [0.4, 0.5) is 0 Å². The lowest BCUT2D eigenvalue weighted by Crippen LogP contribution is -2.36. The van der Waals surface area contributed by atoms with E-state index in [1.807, 2.05) is 31.5 Å². The minimum absolute atomic E-state index is 0.0372. The normalized spacial score (nSPS) is 12.2. The SMILES string of the molecule is CCCn1cc(C)c2c(=O)[nH]c(-c3cccc(S(=O)(=O)N(CCO)CCOCC)c3)nc21. The van der Waals surface area contributed by atoms with Crippen LogP contribution in [0, 0.1) is 6.92 Å². The Hall–Kier alpha value is -2.53. The van der Waals surface area contributed by atoms with Crippen molar-refractivity contribution in [1.82, 2.24) is 18.8 Å². The molecule has 2 N–H and O–H groups in total. The van der Waals surface area contributed by atoms with Gasteiger partial charge in [-0.2, -0.15) is 4.31 Å². The number of hydrogen-bond acceptors (Lipinski definition) is 6. The van der Waals surface area contributed by atoms with Gasteiger partial charge in [-0.05, 0) is 38.0 Å². The first-order chi connectivity index (χ1) is 15.3. The molecule has 10 heteroatoms. The molecule has 0 aliphatic heterocycles. The quantitative estimate of drug-likeness (QED) is 0.422. The fraction of sp³-hybridized carbons (Fsp3) is 0.455. The van der Waals surface area contributed by atoms with Crippen LogP contribution in [0.1, 0.15) is 25.8 Å². The number of nitrogens with zero attached hydrogens (tertiary/aromatic N) is 3. The van der Waals surface area contributed by atoms with Gasteiger partial charge in [0.15, 0.2) is 0 Å². The van der Waals surface area contributed by atoms with Crippen LogP contribution >= 0.6 is 0 Å². The largest absolute Gasteiger partial charge is 0.395 e. The van der Waals surface area contributed by atoms with Crippen molar-refractivity contribution in [3.63, 3.8) is 0 Å². The highest BCUT2D eigenvalue weighted by atomic mass is 32.2. The molecule has 0 radical (unpaired) electrons. The molecule has 0 fully saturated rings. The number of aliphatic hydroxyl groups excluding tert-OH is 1. The summed E-state index contributed by atoms with van der Waals surface area (Å²) in [5, 5.41) is 9.88. The summed E-state index contributed by atoms with van der Waals surface area (Å²) in [4.78, 5) is 20.3. The molecule has 174 valence electrons. The minimum atomic E-state index is -3.87. The second kappa shape index (κ2) is 10.4. The van der Waals surface area contributed by atoms with Crippen LogP contribution in [-0.4, -0.2) is 65.3 Å². The highest BCUT2D eigenvalue weighted by Crippen LogP contribution is 2.24. The van der Waals surface area contributed by atoms with Gasteiger partial charge >= 0.3 is 0 Å². The molecule has 3 aromatic rings. The maximum absolute atomic E-state index is 13.2. The summed E-state index contributed by atoms with van der Waals surface area (Å²) in [6.07, 6.45) is 2.80. The molecule has 9 nitrogen and oxygen atoms in total. The average Bonchev–Trinajstić information content (AvgIpc) is 3.09. The lowest BCUT2D eigenvalue weighted by molar-refractivity contribution is 0.129. The number of H-pyrrole nitrogens is 1. The highest BCUT2D eigenvalue weighted by Gasteiger charge is 2.24. The van der Waals surface area contributed by atoms with E-state index >= 15 is 0 Å². The van der Waals surface area contributed by atoms with E-state index in [9.17, 15) is 18.3 Å². The molecule has 0 unspecified atom stereocenters. The van der Waals surface area contributed by atoms with E-state index in [0.29, 0.717) is 29.0 Å².